The summed E-state index contributed by atoms with van der Waals surface area (Å²) in [5.74, 6) is -0.188. The molecular formula is C13H15N3O4. The van der Waals surface area contributed by atoms with Gasteiger partial charge in [-0.2, -0.15) is 0 Å². The van der Waals surface area contributed by atoms with Gasteiger partial charge in [-0.15, -0.1) is 0 Å². The van der Waals surface area contributed by atoms with Crippen LogP contribution < -0.4 is 11.0 Å². The highest BCUT2D eigenvalue weighted by Gasteiger charge is 2.22. The zero-order chi connectivity index (χ0) is 13.9. The van der Waals surface area contributed by atoms with Crippen molar-refractivity contribution in [3.05, 3.63) is 34.2 Å². The molecule has 0 bridgehead atoms. The summed E-state index contributed by atoms with van der Waals surface area (Å²) in [6, 6.07) is 5.48. The Morgan fingerprint density at radius 2 is 2.15 bits per heavy atom. The number of aromatic nitrogens is 2. The van der Waals surface area contributed by atoms with Crippen LogP contribution in [0.4, 0.5) is 0 Å². The first-order valence-electron chi connectivity index (χ1n) is 6.40. The standard InChI is InChI=1S/C13H15N3O4/c17-12(11-7-19-3-4-20-11)14-6-8-1-2-9-10(5-8)16-13(18)15-9/h1-2,5,11H,3-4,6-7H2,(H,14,17)(H2,15,16,18). The third kappa shape index (κ3) is 2.73. The van der Waals surface area contributed by atoms with Crippen LogP contribution >= 0.6 is 0 Å². The summed E-state index contributed by atoms with van der Waals surface area (Å²) in [7, 11) is 0. The van der Waals surface area contributed by atoms with Crippen molar-refractivity contribution in [2.24, 2.45) is 0 Å². The maximum atomic E-state index is 11.9. The Labute approximate surface area is 114 Å². The summed E-state index contributed by atoms with van der Waals surface area (Å²) in [6.07, 6.45) is -0.542. The van der Waals surface area contributed by atoms with Gasteiger partial charge >= 0.3 is 5.69 Å². The van der Waals surface area contributed by atoms with Gasteiger partial charge in [-0.1, -0.05) is 6.07 Å². The van der Waals surface area contributed by atoms with E-state index in [2.05, 4.69) is 15.3 Å². The maximum Gasteiger partial charge on any atom is 0.323 e. The molecule has 106 valence electrons. The zero-order valence-corrected chi connectivity index (χ0v) is 10.8. The number of fused-ring (bicyclic) bond motifs is 1. The summed E-state index contributed by atoms with van der Waals surface area (Å²) >= 11 is 0. The minimum absolute atomic E-state index is 0.188. The van der Waals surface area contributed by atoms with Gasteiger partial charge in [-0.25, -0.2) is 4.79 Å². The number of H-pyrrole nitrogens is 2. The van der Waals surface area contributed by atoms with Gasteiger partial charge < -0.3 is 24.8 Å². The minimum Gasteiger partial charge on any atom is -0.376 e. The number of hydrogen-bond acceptors (Lipinski definition) is 4. The third-order valence-electron chi connectivity index (χ3n) is 3.16. The van der Waals surface area contributed by atoms with E-state index in [9.17, 15) is 9.59 Å². The van der Waals surface area contributed by atoms with E-state index in [1.54, 1.807) is 6.07 Å². The number of benzene rings is 1. The van der Waals surface area contributed by atoms with Gasteiger partial charge in [-0.3, -0.25) is 4.79 Å². The quantitative estimate of drug-likeness (QED) is 0.729. The summed E-state index contributed by atoms with van der Waals surface area (Å²) in [5, 5.41) is 2.79. The van der Waals surface area contributed by atoms with Crippen LogP contribution in [0.5, 0.6) is 0 Å². The number of rotatable bonds is 3. The normalized spacial score (nSPS) is 19.1. The first-order chi connectivity index (χ1) is 9.72. The van der Waals surface area contributed by atoms with Gasteiger partial charge in [0.05, 0.1) is 30.9 Å². The molecule has 0 saturated carbocycles. The molecule has 3 N–H and O–H groups in total. The summed E-state index contributed by atoms with van der Waals surface area (Å²) in [5.41, 5.74) is 2.12. The highest BCUT2D eigenvalue weighted by molar-refractivity contribution is 5.81. The monoisotopic (exact) mass is 277 g/mol. The molecule has 1 fully saturated rings. The van der Waals surface area contributed by atoms with Crippen molar-refractivity contribution in [3.63, 3.8) is 0 Å². The number of carbonyl (C=O) groups excluding carboxylic acids is 1. The van der Waals surface area contributed by atoms with E-state index in [0.717, 1.165) is 16.6 Å². The lowest BCUT2D eigenvalue weighted by molar-refractivity contribution is -0.147. The molecule has 1 atom stereocenters. The van der Waals surface area contributed by atoms with Crippen molar-refractivity contribution in [2.75, 3.05) is 19.8 Å². The number of carbonyl (C=O) groups is 1. The van der Waals surface area contributed by atoms with Crippen LogP contribution in [0.25, 0.3) is 11.0 Å². The van der Waals surface area contributed by atoms with E-state index in [1.165, 1.54) is 0 Å². The van der Waals surface area contributed by atoms with Crippen LogP contribution in [0.3, 0.4) is 0 Å². The smallest absolute Gasteiger partial charge is 0.323 e. The predicted molar refractivity (Wildman–Crippen MR) is 71.3 cm³/mol. The fraction of sp³-hybridized carbons (Fsp3) is 0.385. The van der Waals surface area contributed by atoms with E-state index < -0.39 is 6.10 Å². The van der Waals surface area contributed by atoms with Crippen molar-refractivity contribution in [2.45, 2.75) is 12.6 Å². The number of imidazole rings is 1. The van der Waals surface area contributed by atoms with Crippen LogP contribution in [-0.4, -0.2) is 41.8 Å². The molecule has 1 aromatic heterocycles. The Bertz CT molecular complexity index is 670. The molecular weight excluding hydrogens is 262 g/mol. The molecule has 2 heterocycles. The summed E-state index contributed by atoms with van der Waals surface area (Å²) in [4.78, 5) is 28.4. The Morgan fingerprint density at radius 1 is 1.30 bits per heavy atom. The summed E-state index contributed by atoms with van der Waals surface area (Å²) in [6.45, 7) is 1.63. The average molecular weight is 277 g/mol. The predicted octanol–water partition coefficient (Wildman–Crippen LogP) is -0.112. The van der Waals surface area contributed by atoms with Crippen molar-refractivity contribution < 1.29 is 14.3 Å². The van der Waals surface area contributed by atoms with Crippen molar-refractivity contribution in [3.8, 4) is 0 Å². The topological polar surface area (TPSA) is 96.2 Å². The van der Waals surface area contributed by atoms with Crippen LogP contribution in [0.2, 0.25) is 0 Å². The minimum atomic E-state index is -0.542. The Morgan fingerprint density at radius 3 is 2.95 bits per heavy atom. The molecule has 1 unspecified atom stereocenters. The average Bonchev–Trinajstić information content (AvgIpc) is 2.85. The molecule has 0 radical (unpaired) electrons. The fourth-order valence-electron chi connectivity index (χ4n) is 2.13. The van der Waals surface area contributed by atoms with E-state index in [1.807, 2.05) is 12.1 Å². The van der Waals surface area contributed by atoms with Crippen LogP contribution in [0.15, 0.2) is 23.0 Å². The lowest BCUT2D eigenvalue weighted by atomic mass is 10.2. The van der Waals surface area contributed by atoms with Gasteiger partial charge in [0.2, 0.25) is 0 Å². The number of hydrogen-bond donors (Lipinski definition) is 3. The molecule has 20 heavy (non-hydrogen) atoms. The van der Waals surface area contributed by atoms with Gasteiger partial charge in [-0.05, 0) is 17.7 Å². The van der Waals surface area contributed by atoms with Crippen LogP contribution in [0, 0.1) is 0 Å². The number of aromatic amines is 2. The second-order valence-electron chi connectivity index (χ2n) is 4.61. The lowest BCUT2D eigenvalue weighted by Gasteiger charge is -2.22. The number of amides is 1. The Hall–Kier alpha value is -2.12. The second-order valence-corrected chi connectivity index (χ2v) is 4.61. The largest absolute Gasteiger partial charge is 0.376 e. The van der Waals surface area contributed by atoms with E-state index in [4.69, 9.17) is 9.47 Å². The molecule has 1 amide bonds. The molecule has 1 saturated heterocycles. The van der Waals surface area contributed by atoms with E-state index in [-0.39, 0.29) is 18.2 Å². The van der Waals surface area contributed by atoms with Gasteiger partial charge in [0.25, 0.3) is 5.91 Å². The van der Waals surface area contributed by atoms with E-state index in [0.29, 0.717) is 19.8 Å². The molecule has 1 aliphatic rings. The SMILES string of the molecule is O=C(NCc1ccc2[nH]c(=O)[nH]c2c1)C1COCCO1. The molecule has 2 aromatic rings. The summed E-state index contributed by atoms with van der Waals surface area (Å²) < 4.78 is 10.5. The highest BCUT2D eigenvalue weighted by atomic mass is 16.6. The molecule has 7 heteroatoms. The molecule has 1 aliphatic heterocycles. The van der Waals surface area contributed by atoms with Gasteiger partial charge in [0.15, 0.2) is 6.10 Å². The lowest BCUT2D eigenvalue weighted by Crippen LogP contribution is -2.42. The maximum absolute atomic E-state index is 11.9. The molecule has 1 aromatic carbocycles. The third-order valence-corrected chi connectivity index (χ3v) is 3.16. The van der Waals surface area contributed by atoms with Gasteiger partial charge in [0.1, 0.15) is 0 Å². The Balaban J connectivity index is 1.64. The zero-order valence-electron chi connectivity index (χ0n) is 10.8. The fourth-order valence-corrected chi connectivity index (χ4v) is 2.13. The number of nitrogens with one attached hydrogen (secondary N) is 3. The van der Waals surface area contributed by atoms with E-state index >= 15 is 0 Å². The van der Waals surface area contributed by atoms with Crippen molar-refractivity contribution >= 4 is 16.9 Å². The number of ether oxygens (including phenoxy) is 2. The van der Waals surface area contributed by atoms with Crippen LogP contribution in [-0.2, 0) is 20.8 Å². The van der Waals surface area contributed by atoms with Crippen LogP contribution in [0.1, 0.15) is 5.56 Å². The molecule has 7 nitrogen and oxygen atoms in total. The first-order valence-corrected chi connectivity index (χ1v) is 6.40. The first kappa shape index (κ1) is 12.9. The second kappa shape index (κ2) is 5.48. The molecule has 0 aliphatic carbocycles. The Kier molecular flexibility index (Phi) is 3.53. The van der Waals surface area contributed by atoms with Crippen molar-refractivity contribution in [1.29, 1.82) is 0 Å². The highest BCUT2D eigenvalue weighted by Crippen LogP contribution is 2.10. The van der Waals surface area contributed by atoms with Gasteiger partial charge in [0, 0.05) is 6.54 Å². The molecule has 0 spiro atoms. The van der Waals surface area contributed by atoms with Crippen molar-refractivity contribution in [1.82, 2.24) is 15.3 Å². The molecule has 3 rings (SSSR count).